The minimum atomic E-state index is 0.315. The van der Waals surface area contributed by atoms with Gasteiger partial charge in [-0.1, -0.05) is 38.5 Å². The minimum absolute atomic E-state index is 0.315. The van der Waals surface area contributed by atoms with Crippen molar-refractivity contribution in [2.75, 3.05) is 19.6 Å². The Morgan fingerprint density at radius 2 is 2.10 bits per heavy atom. The lowest BCUT2D eigenvalue weighted by Gasteiger charge is -2.36. The molecule has 0 spiro atoms. The average Bonchev–Trinajstić information content (AvgIpc) is 2.51. The maximum absolute atomic E-state index is 10.2. The quantitative estimate of drug-likeness (QED) is 0.804. The number of hydrogen-bond acceptors (Lipinski definition) is 3. The molecule has 118 valence electrons. The van der Waals surface area contributed by atoms with Gasteiger partial charge >= 0.3 is 0 Å². The predicted octanol–water partition coefficient (Wildman–Crippen LogP) is 3.70. The van der Waals surface area contributed by atoms with Gasteiger partial charge in [-0.2, -0.15) is 0 Å². The zero-order valence-electron chi connectivity index (χ0n) is 13.5. The molecule has 2 unspecified atom stereocenters. The van der Waals surface area contributed by atoms with Gasteiger partial charge in [-0.3, -0.25) is 4.90 Å². The Balaban J connectivity index is 2.11. The Labute approximate surface area is 129 Å². The molecule has 0 amide bonds. The first kappa shape index (κ1) is 16.3. The van der Waals surface area contributed by atoms with Gasteiger partial charge in [0, 0.05) is 24.2 Å². The van der Waals surface area contributed by atoms with Crippen molar-refractivity contribution in [3.63, 3.8) is 0 Å². The second-order valence-corrected chi connectivity index (χ2v) is 6.12. The number of aromatic hydroxyl groups is 1. The monoisotopic (exact) mass is 290 g/mol. The maximum atomic E-state index is 10.2. The number of piperidine rings is 1. The molecular formula is C18H30N2O. The predicted molar refractivity (Wildman–Crippen MR) is 88.6 cm³/mol. The molecule has 1 aliphatic rings. The fraction of sp³-hybridized carbons (Fsp3) is 0.667. The molecular weight excluding hydrogens is 260 g/mol. The summed E-state index contributed by atoms with van der Waals surface area (Å²) in [5.41, 5.74) is 1.07. The molecule has 2 N–H and O–H groups in total. The second-order valence-electron chi connectivity index (χ2n) is 6.12. The van der Waals surface area contributed by atoms with E-state index in [2.05, 4.69) is 30.1 Å². The highest BCUT2D eigenvalue weighted by molar-refractivity contribution is 5.34. The number of hydrogen-bond donors (Lipinski definition) is 2. The van der Waals surface area contributed by atoms with Crippen molar-refractivity contribution in [2.24, 2.45) is 0 Å². The van der Waals surface area contributed by atoms with Crippen LogP contribution in [0.25, 0.3) is 0 Å². The van der Waals surface area contributed by atoms with Gasteiger partial charge in [0.15, 0.2) is 0 Å². The third-order valence-electron chi connectivity index (χ3n) is 4.50. The van der Waals surface area contributed by atoms with Crippen molar-refractivity contribution < 1.29 is 5.11 Å². The average molecular weight is 290 g/mol. The summed E-state index contributed by atoms with van der Waals surface area (Å²) in [5, 5.41) is 13.8. The van der Waals surface area contributed by atoms with Crippen LogP contribution in [-0.2, 0) is 0 Å². The number of phenolic OH excluding ortho intramolecular Hbond substituents is 1. The fourth-order valence-electron chi connectivity index (χ4n) is 3.47. The number of phenols is 1. The Morgan fingerprint density at radius 1 is 1.29 bits per heavy atom. The molecule has 1 saturated heterocycles. The molecule has 21 heavy (non-hydrogen) atoms. The van der Waals surface area contributed by atoms with Crippen LogP contribution in [-0.4, -0.2) is 35.7 Å². The lowest BCUT2D eigenvalue weighted by Crippen LogP contribution is -2.45. The summed E-state index contributed by atoms with van der Waals surface area (Å²) in [4.78, 5) is 2.55. The molecule has 0 bridgehead atoms. The van der Waals surface area contributed by atoms with Gasteiger partial charge in [-0.15, -0.1) is 0 Å². The first-order valence-electron chi connectivity index (χ1n) is 8.51. The van der Waals surface area contributed by atoms with Crippen LogP contribution in [0.1, 0.15) is 57.6 Å². The summed E-state index contributed by atoms with van der Waals surface area (Å²) >= 11 is 0. The Hall–Kier alpha value is -1.06. The maximum Gasteiger partial charge on any atom is 0.120 e. The second kappa shape index (κ2) is 8.40. The lowest BCUT2D eigenvalue weighted by atomic mass is 9.98. The molecule has 1 aliphatic heterocycles. The van der Waals surface area contributed by atoms with E-state index in [1.807, 2.05) is 12.1 Å². The summed E-state index contributed by atoms with van der Waals surface area (Å²) in [7, 11) is 0. The molecule has 0 radical (unpaired) electrons. The highest BCUT2D eigenvalue weighted by Gasteiger charge is 2.24. The van der Waals surface area contributed by atoms with E-state index in [4.69, 9.17) is 0 Å². The van der Waals surface area contributed by atoms with Gasteiger partial charge < -0.3 is 10.4 Å². The molecule has 3 nitrogen and oxygen atoms in total. The number of nitrogens with one attached hydrogen (secondary N) is 1. The van der Waals surface area contributed by atoms with Crippen LogP contribution >= 0.6 is 0 Å². The largest absolute Gasteiger partial charge is 0.508 e. The summed E-state index contributed by atoms with van der Waals surface area (Å²) < 4.78 is 0. The third kappa shape index (κ3) is 4.45. The number of nitrogens with zero attached hydrogens (tertiary/aromatic N) is 1. The summed E-state index contributed by atoms with van der Waals surface area (Å²) in [6.45, 7) is 7.77. The third-order valence-corrected chi connectivity index (χ3v) is 4.50. The van der Waals surface area contributed by atoms with E-state index in [1.54, 1.807) is 6.07 Å². The van der Waals surface area contributed by atoms with Crippen molar-refractivity contribution in [3.05, 3.63) is 29.8 Å². The lowest BCUT2D eigenvalue weighted by molar-refractivity contribution is 0.159. The van der Waals surface area contributed by atoms with Crippen LogP contribution in [0.5, 0.6) is 5.75 Å². The molecule has 1 fully saturated rings. The van der Waals surface area contributed by atoms with E-state index in [1.165, 1.54) is 19.3 Å². The van der Waals surface area contributed by atoms with Crippen molar-refractivity contribution in [1.82, 2.24) is 10.2 Å². The van der Waals surface area contributed by atoms with Gasteiger partial charge in [0.2, 0.25) is 0 Å². The zero-order chi connectivity index (χ0) is 15.1. The van der Waals surface area contributed by atoms with Gasteiger partial charge in [0.25, 0.3) is 0 Å². The Kier molecular flexibility index (Phi) is 6.52. The van der Waals surface area contributed by atoms with Crippen LogP contribution in [0.2, 0.25) is 0 Å². The number of para-hydroxylation sites is 1. The number of benzene rings is 1. The van der Waals surface area contributed by atoms with Crippen LogP contribution in [0.3, 0.4) is 0 Å². The molecule has 1 aromatic rings. The fourth-order valence-corrected chi connectivity index (χ4v) is 3.47. The van der Waals surface area contributed by atoms with Crippen molar-refractivity contribution in [2.45, 2.75) is 58.0 Å². The van der Waals surface area contributed by atoms with E-state index in [0.717, 1.165) is 38.0 Å². The van der Waals surface area contributed by atoms with Crippen LogP contribution in [0.15, 0.2) is 24.3 Å². The molecule has 2 rings (SSSR count). The highest BCUT2D eigenvalue weighted by Crippen LogP contribution is 2.31. The first-order valence-corrected chi connectivity index (χ1v) is 8.51. The molecule has 3 heteroatoms. The van der Waals surface area contributed by atoms with Gasteiger partial charge in [-0.05, 0) is 44.8 Å². The zero-order valence-corrected chi connectivity index (χ0v) is 13.5. The SMILES string of the molecule is CCCN(CC1CCCCN1)C(CC)c1ccccc1O. The van der Waals surface area contributed by atoms with E-state index < -0.39 is 0 Å². The normalized spacial score (nSPS) is 20.6. The molecule has 2 atom stereocenters. The van der Waals surface area contributed by atoms with E-state index in [0.29, 0.717) is 17.8 Å². The van der Waals surface area contributed by atoms with Gasteiger partial charge in [-0.25, -0.2) is 0 Å². The van der Waals surface area contributed by atoms with Crippen LogP contribution in [0, 0.1) is 0 Å². The number of rotatable bonds is 7. The van der Waals surface area contributed by atoms with Crippen LogP contribution < -0.4 is 5.32 Å². The minimum Gasteiger partial charge on any atom is -0.508 e. The van der Waals surface area contributed by atoms with Gasteiger partial charge in [0.1, 0.15) is 5.75 Å². The Bertz CT molecular complexity index is 415. The summed E-state index contributed by atoms with van der Waals surface area (Å²) in [5.74, 6) is 0.432. The smallest absolute Gasteiger partial charge is 0.120 e. The molecule has 0 aromatic heterocycles. The Morgan fingerprint density at radius 3 is 2.71 bits per heavy atom. The standard InChI is InChI=1S/C18H30N2O/c1-3-13-20(14-15-9-7-8-12-19-15)17(4-2)16-10-5-6-11-18(16)21/h5-6,10-11,15,17,19,21H,3-4,7-9,12-14H2,1-2H3. The van der Waals surface area contributed by atoms with Crippen molar-refractivity contribution >= 4 is 0 Å². The van der Waals surface area contributed by atoms with E-state index in [9.17, 15) is 5.11 Å². The van der Waals surface area contributed by atoms with E-state index in [-0.39, 0.29) is 0 Å². The molecule has 1 heterocycles. The van der Waals surface area contributed by atoms with Crippen molar-refractivity contribution in [3.8, 4) is 5.75 Å². The molecule has 0 aliphatic carbocycles. The van der Waals surface area contributed by atoms with Crippen LogP contribution in [0.4, 0.5) is 0 Å². The highest BCUT2D eigenvalue weighted by atomic mass is 16.3. The van der Waals surface area contributed by atoms with E-state index >= 15 is 0 Å². The van der Waals surface area contributed by atoms with Gasteiger partial charge in [0.05, 0.1) is 0 Å². The summed E-state index contributed by atoms with van der Waals surface area (Å²) in [6, 6.07) is 8.72. The molecule has 0 saturated carbocycles. The molecule has 1 aromatic carbocycles. The van der Waals surface area contributed by atoms with Crippen molar-refractivity contribution in [1.29, 1.82) is 0 Å². The first-order chi connectivity index (χ1) is 10.3. The topological polar surface area (TPSA) is 35.5 Å². The summed E-state index contributed by atoms with van der Waals surface area (Å²) in [6.07, 6.45) is 6.10.